The Morgan fingerprint density at radius 1 is 1.10 bits per heavy atom. The monoisotopic (exact) mass is 276 g/mol. The number of hydrogen-bond donors (Lipinski definition) is 1. The van der Waals surface area contributed by atoms with Crippen LogP contribution < -0.4 is 5.32 Å². The zero-order valence-electron chi connectivity index (χ0n) is 11.9. The summed E-state index contributed by atoms with van der Waals surface area (Å²) in [6.07, 6.45) is 0.392. The lowest BCUT2D eigenvalue weighted by molar-refractivity contribution is 0.543. The van der Waals surface area contributed by atoms with E-state index in [2.05, 4.69) is 10.3 Å². The molecule has 2 rings (SSSR count). The fraction of sp³-hybridized carbons (Fsp3) is 0.312. The lowest BCUT2D eigenvalue weighted by Crippen LogP contribution is -2.20. The summed E-state index contributed by atoms with van der Waals surface area (Å²) >= 11 is 0. The molecule has 2 aromatic rings. The van der Waals surface area contributed by atoms with Gasteiger partial charge in [-0.05, 0) is 68.8 Å². The van der Waals surface area contributed by atoms with E-state index in [4.69, 9.17) is 0 Å². The van der Waals surface area contributed by atoms with Crippen LogP contribution in [0.3, 0.4) is 0 Å². The van der Waals surface area contributed by atoms with Crippen molar-refractivity contribution in [2.75, 3.05) is 7.05 Å². The molecule has 0 aliphatic heterocycles. The van der Waals surface area contributed by atoms with Crippen LogP contribution in [-0.2, 0) is 6.42 Å². The Labute approximate surface area is 117 Å². The minimum Gasteiger partial charge on any atom is -0.313 e. The first-order valence-electron chi connectivity index (χ1n) is 6.56. The first-order chi connectivity index (χ1) is 9.49. The number of nitrogens with one attached hydrogen (secondary N) is 1. The van der Waals surface area contributed by atoms with E-state index < -0.39 is 5.82 Å². The topological polar surface area (TPSA) is 24.9 Å². The second-order valence-corrected chi connectivity index (χ2v) is 4.96. The number of likely N-dealkylation sites (N-methyl/N-ethyl adjacent to an activating group) is 1. The van der Waals surface area contributed by atoms with Crippen molar-refractivity contribution in [2.24, 2.45) is 0 Å². The quantitative estimate of drug-likeness (QED) is 0.924. The molecule has 20 heavy (non-hydrogen) atoms. The fourth-order valence-electron chi connectivity index (χ4n) is 2.37. The Kier molecular flexibility index (Phi) is 4.45. The summed E-state index contributed by atoms with van der Waals surface area (Å²) in [6, 6.07) is 7.40. The van der Waals surface area contributed by atoms with E-state index >= 15 is 0 Å². The minimum atomic E-state index is -0.418. The molecule has 0 radical (unpaired) electrons. The predicted octanol–water partition coefficient (Wildman–Crippen LogP) is 3.48. The zero-order chi connectivity index (χ0) is 14.7. The Balaban J connectivity index is 2.30. The van der Waals surface area contributed by atoms with Gasteiger partial charge in [-0.15, -0.1) is 0 Å². The maximum absolute atomic E-state index is 13.7. The molecule has 0 amide bonds. The van der Waals surface area contributed by atoms with Gasteiger partial charge in [0.25, 0.3) is 0 Å². The third-order valence-corrected chi connectivity index (χ3v) is 3.29. The number of benzene rings is 1. The van der Waals surface area contributed by atoms with Gasteiger partial charge in [-0.25, -0.2) is 8.78 Å². The van der Waals surface area contributed by atoms with Gasteiger partial charge < -0.3 is 5.32 Å². The zero-order valence-corrected chi connectivity index (χ0v) is 11.9. The van der Waals surface area contributed by atoms with Crippen molar-refractivity contribution in [3.05, 3.63) is 64.5 Å². The molecule has 4 heteroatoms. The normalized spacial score (nSPS) is 12.4. The van der Waals surface area contributed by atoms with E-state index in [9.17, 15) is 8.78 Å². The van der Waals surface area contributed by atoms with Crippen molar-refractivity contribution < 1.29 is 8.78 Å². The number of aromatic nitrogens is 1. The first-order valence-corrected chi connectivity index (χ1v) is 6.56. The highest BCUT2D eigenvalue weighted by molar-refractivity contribution is 5.27. The van der Waals surface area contributed by atoms with E-state index in [1.54, 1.807) is 0 Å². The van der Waals surface area contributed by atoms with Crippen LogP contribution in [0.4, 0.5) is 8.78 Å². The van der Waals surface area contributed by atoms with Gasteiger partial charge in [0.05, 0.1) is 0 Å². The van der Waals surface area contributed by atoms with Crippen molar-refractivity contribution >= 4 is 0 Å². The molecule has 1 heterocycles. The number of nitrogens with zero attached hydrogens (tertiary/aromatic N) is 1. The van der Waals surface area contributed by atoms with Crippen LogP contribution >= 0.6 is 0 Å². The van der Waals surface area contributed by atoms with Crippen LogP contribution in [0.25, 0.3) is 0 Å². The molecule has 2 nitrogen and oxygen atoms in total. The van der Waals surface area contributed by atoms with E-state index in [-0.39, 0.29) is 11.9 Å². The molecular formula is C16H18F2N2. The number of halogens is 2. The van der Waals surface area contributed by atoms with Gasteiger partial charge in [-0.1, -0.05) is 0 Å². The molecule has 0 saturated heterocycles. The van der Waals surface area contributed by atoms with E-state index in [1.807, 2.05) is 33.0 Å². The third kappa shape index (κ3) is 3.39. The second kappa shape index (κ2) is 6.09. The molecule has 0 bridgehead atoms. The van der Waals surface area contributed by atoms with Gasteiger partial charge in [-0.2, -0.15) is 0 Å². The molecule has 1 aromatic heterocycles. The Morgan fingerprint density at radius 3 is 2.35 bits per heavy atom. The Bertz CT molecular complexity index is 591. The summed E-state index contributed by atoms with van der Waals surface area (Å²) < 4.78 is 27.0. The minimum absolute atomic E-state index is 0.0771. The van der Waals surface area contributed by atoms with Gasteiger partial charge >= 0.3 is 0 Å². The van der Waals surface area contributed by atoms with Crippen LogP contribution in [0.2, 0.25) is 0 Å². The third-order valence-electron chi connectivity index (χ3n) is 3.29. The average Bonchev–Trinajstić information content (AvgIpc) is 2.38. The second-order valence-electron chi connectivity index (χ2n) is 4.96. The van der Waals surface area contributed by atoms with Crippen LogP contribution in [-0.4, -0.2) is 12.0 Å². The lowest BCUT2D eigenvalue weighted by atomic mass is 9.98. The number of rotatable bonds is 4. The van der Waals surface area contributed by atoms with Crippen LogP contribution in [0.5, 0.6) is 0 Å². The smallest absolute Gasteiger partial charge is 0.126 e. The summed E-state index contributed by atoms with van der Waals surface area (Å²) in [5.41, 5.74) is 3.23. The predicted molar refractivity (Wildman–Crippen MR) is 75.6 cm³/mol. The Hall–Kier alpha value is -1.81. The van der Waals surface area contributed by atoms with Crippen molar-refractivity contribution in [2.45, 2.75) is 26.3 Å². The SMILES string of the molecule is CNC(Cc1cc(F)ccc1F)c1cc(C)nc(C)c1. The first kappa shape index (κ1) is 14.6. The maximum atomic E-state index is 13.7. The van der Waals surface area contributed by atoms with Crippen molar-refractivity contribution in [1.82, 2.24) is 10.3 Å². The van der Waals surface area contributed by atoms with E-state index in [0.29, 0.717) is 12.0 Å². The average molecular weight is 276 g/mol. The molecule has 106 valence electrons. The number of aryl methyl sites for hydroxylation is 2. The van der Waals surface area contributed by atoms with E-state index in [0.717, 1.165) is 23.0 Å². The summed E-state index contributed by atoms with van der Waals surface area (Å²) in [5.74, 6) is -0.799. The summed E-state index contributed by atoms with van der Waals surface area (Å²) in [5, 5.41) is 3.15. The lowest BCUT2D eigenvalue weighted by Gasteiger charge is -2.18. The fourth-order valence-corrected chi connectivity index (χ4v) is 2.37. The highest BCUT2D eigenvalue weighted by atomic mass is 19.1. The molecule has 0 spiro atoms. The summed E-state index contributed by atoms with van der Waals surface area (Å²) in [7, 11) is 1.81. The summed E-state index contributed by atoms with van der Waals surface area (Å²) in [4.78, 5) is 4.33. The summed E-state index contributed by atoms with van der Waals surface area (Å²) in [6.45, 7) is 3.85. The standard InChI is InChI=1S/C16H18F2N2/c1-10-6-13(7-11(2)20-10)16(19-3)9-12-8-14(17)4-5-15(12)18/h4-8,16,19H,9H2,1-3H3. The molecule has 0 aliphatic carbocycles. The Morgan fingerprint density at radius 2 is 1.75 bits per heavy atom. The number of hydrogen-bond acceptors (Lipinski definition) is 2. The molecule has 1 unspecified atom stereocenters. The van der Waals surface area contributed by atoms with Crippen LogP contribution in [0.15, 0.2) is 30.3 Å². The van der Waals surface area contributed by atoms with Crippen LogP contribution in [0, 0.1) is 25.5 Å². The molecule has 0 fully saturated rings. The maximum Gasteiger partial charge on any atom is 0.126 e. The van der Waals surface area contributed by atoms with Gasteiger partial charge in [-0.3, -0.25) is 4.98 Å². The largest absolute Gasteiger partial charge is 0.313 e. The van der Waals surface area contributed by atoms with Crippen LogP contribution in [0.1, 0.15) is 28.6 Å². The molecular weight excluding hydrogens is 258 g/mol. The van der Waals surface area contributed by atoms with Gasteiger partial charge in [0, 0.05) is 17.4 Å². The number of pyridine rings is 1. The highest BCUT2D eigenvalue weighted by Gasteiger charge is 2.14. The molecule has 1 aromatic carbocycles. The molecule has 1 atom stereocenters. The van der Waals surface area contributed by atoms with Gasteiger partial charge in [0.1, 0.15) is 11.6 Å². The van der Waals surface area contributed by atoms with Gasteiger partial charge in [0.15, 0.2) is 0 Å². The molecule has 0 aliphatic rings. The molecule has 0 saturated carbocycles. The van der Waals surface area contributed by atoms with E-state index in [1.165, 1.54) is 12.1 Å². The highest BCUT2D eigenvalue weighted by Crippen LogP contribution is 2.21. The molecule has 1 N–H and O–H groups in total. The van der Waals surface area contributed by atoms with Gasteiger partial charge in [0.2, 0.25) is 0 Å². The van der Waals surface area contributed by atoms with Crippen molar-refractivity contribution in [3.63, 3.8) is 0 Å². The van der Waals surface area contributed by atoms with Crippen molar-refractivity contribution in [3.8, 4) is 0 Å². The van der Waals surface area contributed by atoms with Crippen molar-refractivity contribution in [1.29, 1.82) is 0 Å².